The zero-order chi connectivity index (χ0) is 68.4. The second-order valence-corrected chi connectivity index (χ2v) is 34.6. The van der Waals surface area contributed by atoms with Crippen LogP contribution < -0.4 is 26.6 Å². The molecule has 0 fully saturated rings. The molecule has 0 aliphatic rings. The molecular weight excluding hydrogens is 1340 g/mol. The molecule has 0 saturated heterocycles. The van der Waals surface area contributed by atoms with E-state index in [0.29, 0.717) is 68.1 Å². The van der Waals surface area contributed by atoms with Gasteiger partial charge in [-0.3, -0.25) is 19.2 Å². The highest BCUT2D eigenvalue weighted by molar-refractivity contribution is 7.15. The number of hydrogen-bond acceptors (Lipinski definition) is 25. The third-order valence-corrected chi connectivity index (χ3v) is 24.7. The van der Waals surface area contributed by atoms with Crippen molar-refractivity contribution in [2.24, 2.45) is 5.92 Å². The van der Waals surface area contributed by atoms with Gasteiger partial charge in [-0.25, -0.2) is 49.3 Å². The monoisotopic (exact) mass is 1410 g/mol. The van der Waals surface area contributed by atoms with Crippen LogP contribution >= 0.6 is 68.0 Å². The highest BCUT2D eigenvalue weighted by atomic mass is 32.1. The number of carbonyl (C=O) groups excluding carboxylic acids is 7. The summed E-state index contributed by atoms with van der Waals surface area (Å²) in [5, 5.41) is 23.5. The molecule has 8 aromatic rings. The number of nitrogens with zero attached hydrogens (tertiary/aromatic N) is 7. The van der Waals surface area contributed by atoms with Crippen molar-refractivity contribution in [2.45, 2.75) is 123 Å². The highest BCUT2D eigenvalue weighted by Crippen LogP contribution is 2.45. The van der Waals surface area contributed by atoms with E-state index in [4.69, 9.17) is 48.3 Å². The molecule has 7 aromatic heterocycles. The summed E-state index contributed by atoms with van der Waals surface area (Å²) in [6.45, 7) is 24.7. The number of amides is 5. The third-order valence-electron chi connectivity index (χ3n) is 14.5. The van der Waals surface area contributed by atoms with Gasteiger partial charge in [0, 0.05) is 46.1 Å². The van der Waals surface area contributed by atoms with Crippen LogP contribution in [-0.4, -0.2) is 125 Å². The number of aromatic nitrogens is 7. The summed E-state index contributed by atoms with van der Waals surface area (Å²) in [6.07, 6.45) is -0.216. The first kappa shape index (κ1) is 72.0. The van der Waals surface area contributed by atoms with Gasteiger partial charge in [0.05, 0.1) is 48.9 Å². The van der Waals surface area contributed by atoms with Gasteiger partial charge >= 0.3 is 18.0 Å². The van der Waals surface area contributed by atoms with Crippen molar-refractivity contribution in [1.29, 1.82) is 0 Å². The first-order valence-corrected chi connectivity index (χ1v) is 37.6. The maximum absolute atomic E-state index is 14.3. The molecule has 94 heavy (non-hydrogen) atoms. The Bertz CT molecular complexity index is 4050. The van der Waals surface area contributed by atoms with E-state index >= 15 is 0 Å². The van der Waals surface area contributed by atoms with Gasteiger partial charge in [0.15, 0.2) is 19.7 Å². The molecule has 5 amide bonds. The van der Waals surface area contributed by atoms with Crippen molar-refractivity contribution >= 4 is 118 Å². The summed E-state index contributed by atoms with van der Waals surface area (Å²) in [4.78, 5) is 129. The first-order chi connectivity index (χ1) is 44.5. The first-order valence-electron chi connectivity index (χ1n) is 29.5. The summed E-state index contributed by atoms with van der Waals surface area (Å²) in [5.74, 6) is -3.51. The molecular formula is C63H74N12O12S6Si. The molecule has 0 saturated carbocycles. The average Bonchev–Trinajstić information content (AvgIpc) is 1.47. The zero-order valence-electron chi connectivity index (χ0n) is 54.3. The van der Waals surface area contributed by atoms with Crippen molar-refractivity contribution in [2.75, 3.05) is 34.4 Å². The SMILES string of the molecule is C=CCOC(=O)c1nc([C@@H](NC(=O)c2nc([C@H](CC(=O)NC)NC(=O)c3csc(-c4ccc(-c5nc(C(=O)OC)cs5)c(-c5csc(-c6csc([C@@H](NC(=O)CNC(=O)OC(C)(C)C)[C@@H](O[Si](C)(C)C(C)(C)C)c7ccccc7)n6)n5)n4)n3)sc2C)C(C)C)sc1COC. The number of ether oxygens (including phenoxy) is 4. The molecule has 0 aliphatic carbocycles. The van der Waals surface area contributed by atoms with Crippen LogP contribution in [0.25, 0.3) is 43.4 Å². The Hall–Kier alpha value is -7.88. The van der Waals surface area contributed by atoms with E-state index in [2.05, 4.69) is 77.0 Å². The normalized spacial score (nSPS) is 13.1. The third kappa shape index (κ3) is 17.9. The van der Waals surface area contributed by atoms with Gasteiger partial charge in [-0.05, 0) is 69.4 Å². The number of benzene rings is 1. The van der Waals surface area contributed by atoms with E-state index in [0.717, 1.165) is 28.2 Å². The lowest BCUT2D eigenvalue weighted by molar-refractivity contribution is -0.122. The minimum Gasteiger partial charge on any atom is -0.464 e. The Kier molecular flexibility index (Phi) is 23.8. The maximum atomic E-state index is 14.3. The van der Waals surface area contributed by atoms with Gasteiger partial charge in [-0.15, -0.1) is 68.0 Å². The Labute approximate surface area is 569 Å². The lowest BCUT2D eigenvalue weighted by Crippen LogP contribution is -2.46. The summed E-state index contributed by atoms with van der Waals surface area (Å²) >= 11 is 7.35. The van der Waals surface area contributed by atoms with Crippen molar-refractivity contribution in [1.82, 2.24) is 61.5 Å². The smallest absolute Gasteiger partial charge is 0.408 e. The summed E-state index contributed by atoms with van der Waals surface area (Å²) in [6, 6.07) is 10.7. The Morgan fingerprint density at radius 1 is 0.670 bits per heavy atom. The van der Waals surface area contributed by atoms with E-state index < -0.39 is 79.8 Å². The molecule has 7 heterocycles. The molecule has 498 valence electrons. The fraction of sp³-hybridized carbons (Fsp3) is 0.397. The lowest BCUT2D eigenvalue weighted by Gasteiger charge is -2.41. The van der Waals surface area contributed by atoms with Crippen LogP contribution in [0.1, 0.15) is 158 Å². The number of carbonyl (C=O) groups is 7. The van der Waals surface area contributed by atoms with Crippen LogP contribution in [-0.2, 0) is 39.6 Å². The number of thiazole rings is 6. The topological polar surface area (TPSA) is 316 Å². The Balaban J connectivity index is 1.09. The minimum atomic E-state index is -2.55. The highest BCUT2D eigenvalue weighted by Gasteiger charge is 2.43. The average molecular weight is 1410 g/mol. The molecule has 0 bridgehead atoms. The van der Waals surface area contributed by atoms with E-state index in [9.17, 15) is 33.6 Å². The van der Waals surface area contributed by atoms with Gasteiger partial charge in [-0.1, -0.05) is 77.6 Å². The number of alkyl carbamates (subject to hydrolysis) is 1. The summed E-state index contributed by atoms with van der Waals surface area (Å²) < 4.78 is 28.2. The molecule has 0 aliphatic heterocycles. The fourth-order valence-corrected chi connectivity index (χ4v) is 15.6. The largest absolute Gasteiger partial charge is 0.464 e. The number of pyridine rings is 1. The van der Waals surface area contributed by atoms with Crippen LogP contribution in [0.5, 0.6) is 0 Å². The number of esters is 2. The lowest BCUT2D eigenvalue weighted by atomic mass is 10.0. The predicted molar refractivity (Wildman–Crippen MR) is 367 cm³/mol. The Morgan fingerprint density at radius 2 is 1.34 bits per heavy atom. The van der Waals surface area contributed by atoms with Crippen molar-refractivity contribution in [3.63, 3.8) is 0 Å². The van der Waals surface area contributed by atoms with E-state index in [1.165, 1.54) is 72.7 Å². The van der Waals surface area contributed by atoms with Gasteiger partial charge in [0.2, 0.25) is 11.8 Å². The summed E-state index contributed by atoms with van der Waals surface area (Å²) in [5.41, 5.74) is 2.51. The second kappa shape index (κ2) is 31.1. The summed E-state index contributed by atoms with van der Waals surface area (Å²) in [7, 11) is 1.69. The Morgan fingerprint density at radius 3 is 2.01 bits per heavy atom. The molecule has 0 radical (unpaired) electrons. The molecule has 8 rings (SSSR count). The van der Waals surface area contributed by atoms with Crippen molar-refractivity contribution < 1.29 is 56.9 Å². The molecule has 0 spiro atoms. The molecule has 31 heteroatoms. The van der Waals surface area contributed by atoms with E-state index in [1.54, 1.807) is 50.6 Å². The molecule has 5 N–H and O–H groups in total. The maximum Gasteiger partial charge on any atom is 0.408 e. The van der Waals surface area contributed by atoms with Gasteiger partial charge in [0.1, 0.15) is 83.3 Å². The van der Waals surface area contributed by atoms with E-state index in [-0.39, 0.29) is 59.9 Å². The standard InChI is InChI=1S/C63H74N12O12S6Si/c1-16-24-85-60(81)48-42(27-83-12)93-58(75-48)45(32(2)3)73-52(79)46-33(4)92-56(74-46)37(25-43(76)64-11)67-51(78)39-29-90-54(69-39)36-23-22-35(53-71-41(31-88-53)59(80)84-13)47(66-36)38-28-89-55(68-38)40-30-91-57(70-40)49(72-44(77)26-65-61(82)86-62(5,6)7)50(34-20-18-17-19-21-34)87-94(14,15)63(8,9)10/h16-23,28-32,37,45,49-50H,1,24-27H2,2-15H3,(H,64,76)(H,65,82)(H,67,78)(H,72,77)(H,73,79)/t37-,45-,49-,50-/m0/s1. The number of methoxy groups -OCH3 is 2. The van der Waals surface area contributed by atoms with Crippen molar-refractivity contribution in [3.05, 3.63) is 130 Å². The number of aryl methyl sites for hydroxylation is 1. The fourth-order valence-electron chi connectivity index (χ4n) is 8.80. The van der Waals surface area contributed by atoms with Gasteiger partial charge < -0.3 is 50.0 Å². The van der Waals surface area contributed by atoms with E-state index in [1.807, 2.05) is 54.9 Å². The molecule has 24 nitrogen and oxygen atoms in total. The van der Waals surface area contributed by atoms with Crippen LogP contribution in [0.4, 0.5) is 4.79 Å². The number of rotatable bonds is 27. The molecule has 4 atom stereocenters. The predicted octanol–water partition coefficient (Wildman–Crippen LogP) is 12.3. The van der Waals surface area contributed by atoms with Crippen LogP contribution in [0, 0.1) is 12.8 Å². The number of hydrogen-bond donors (Lipinski definition) is 5. The van der Waals surface area contributed by atoms with Crippen LogP contribution in [0.2, 0.25) is 18.1 Å². The molecule has 1 aromatic carbocycles. The second-order valence-electron chi connectivity index (χ2n) is 24.1. The van der Waals surface area contributed by atoms with Crippen molar-refractivity contribution in [3.8, 4) is 43.4 Å². The van der Waals surface area contributed by atoms with Gasteiger partial charge in [-0.2, -0.15) is 0 Å². The minimum absolute atomic E-state index is 0.0116. The van der Waals surface area contributed by atoms with Crippen LogP contribution in [0.15, 0.2) is 76.6 Å². The zero-order valence-corrected chi connectivity index (χ0v) is 60.2. The van der Waals surface area contributed by atoms with Gasteiger partial charge in [0.25, 0.3) is 11.8 Å². The van der Waals surface area contributed by atoms with Crippen LogP contribution in [0.3, 0.4) is 0 Å². The molecule has 0 unspecified atom stereocenters. The number of nitrogens with one attached hydrogen (secondary N) is 5. The quantitative estimate of drug-likeness (QED) is 0.0138.